The number of amides is 1. The standard InChI is InChI=1S/C13H16N4O/c1-9-6-12(16-17(9)2)15-8-10-4-3-5-11(7-10)13(14)18/h3-7H,8H2,1-2H3,(H2,14,18)(H,15,16). The van der Waals surface area contributed by atoms with Gasteiger partial charge in [-0.3, -0.25) is 9.48 Å². The normalized spacial score (nSPS) is 10.3. The molecule has 1 aromatic heterocycles. The molecule has 1 heterocycles. The summed E-state index contributed by atoms with van der Waals surface area (Å²) in [6, 6.07) is 9.22. The molecule has 0 aliphatic carbocycles. The minimum atomic E-state index is -0.412. The second kappa shape index (κ2) is 4.91. The van der Waals surface area contributed by atoms with Gasteiger partial charge in [0.05, 0.1) is 0 Å². The molecule has 0 aliphatic rings. The molecule has 0 bridgehead atoms. The van der Waals surface area contributed by atoms with Crippen LogP contribution in [0.5, 0.6) is 0 Å². The van der Waals surface area contributed by atoms with Crippen LogP contribution in [-0.2, 0) is 13.6 Å². The van der Waals surface area contributed by atoms with E-state index in [0.29, 0.717) is 12.1 Å². The van der Waals surface area contributed by atoms with Gasteiger partial charge in [0.25, 0.3) is 0 Å². The number of benzene rings is 1. The van der Waals surface area contributed by atoms with E-state index in [9.17, 15) is 4.79 Å². The summed E-state index contributed by atoms with van der Waals surface area (Å²) in [7, 11) is 1.90. The van der Waals surface area contributed by atoms with Crippen molar-refractivity contribution in [1.29, 1.82) is 0 Å². The van der Waals surface area contributed by atoms with Crippen molar-refractivity contribution in [2.24, 2.45) is 12.8 Å². The first-order chi connectivity index (χ1) is 8.56. The molecule has 0 spiro atoms. The number of carbonyl (C=O) groups is 1. The molecule has 0 fully saturated rings. The number of nitrogens with one attached hydrogen (secondary N) is 1. The molecular weight excluding hydrogens is 228 g/mol. The van der Waals surface area contributed by atoms with E-state index in [2.05, 4.69) is 10.4 Å². The molecule has 1 amide bonds. The number of rotatable bonds is 4. The Labute approximate surface area is 106 Å². The smallest absolute Gasteiger partial charge is 0.248 e. The summed E-state index contributed by atoms with van der Waals surface area (Å²) in [5.41, 5.74) is 7.84. The average molecular weight is 244 g/mol. The summed E-state index contributed by atoms with van der Waals surface area (Å²) in [6.07, 6.45) is 0. The Balaban J connectivity index is 2.06. The fourth-order valence-electron chi connectivity index (χ4n) is 1.67. The van der Waals surface area contributed by atoms with E-state index < -0.39 is 5.91 Å². The van der Waals surface area contributed by atoms with Crippen LogP contribution < -0.4 is 11.1 Å². The van der Waals surface area contributed by atoms with Crippen LogP contribution in [0.15, 0.2) is 30.3 Å². The summed E-state index contributed by atoms with van der Waals surface area (Å²) in [4.78, 5) is 11.1. The summed E-state index contributed by atoms with van der Waals surface area (Å²) < 4.78 is 1.81. The molecule has 2 aromatic rings. The third kappa shape index (κ3) is 2.68. The minimum absolute atomic E-state index is 0.412. The summed E-state index contributed by atoms with van der Waals surface area (Å²) in [5.74, 6) is 0.407. The highest BCUT2D eigenvalue weighted by Gasteiger charge is 2.03. The predicted molar refractivity (Wildman–Crippen MR) is 70.2 cm³/mol. The average Bonchev–Trinajstić information content (AvgIpc) is 2.67. The zero-order valence-electron chi connectivity index (χ0n) is 10.5. The van der Waals surface area contributed by atoms with Gasteiger partial charge in [-0.2, -0.15) is 5.10 Å². The Morgan fingerprint density at radius 1 is 1.44 bits per heavy atom. The Morgan fingerprint density at radius 3 is 2.83 bits per heavy atom. The molecular formula is C13H16N4O. The number of anilines is 1. The first-order valence-electron chi connectivity index (χ1n) is 5.69. The summed E-state index contributed by atoms with van der Waals surface area (Å²) in [5, 5.41) is 7.50. The molecule has 5 heteroatoms. The molecule has 0 saturated carbocycles. The van der Waals surface area contributed by atoms with E-state index in [1.807, 2.05) is 36.9 Å². The second-order valence-electron chi connectivity index (χ2n) is 4.21. The van der Waals surface area contributed by atoms with Gasteiger partial charge in [-0.05, 0) is 24.6 Å². The maximum atomic E-state index is 11.1. The van der Waals surface area contributed by atoms with Gasteiger partial charge in [-0.25, -0.2) is 0 Å². The van der Waals surface area contributed by atoms with E-state index in [-0.39, 0.29) is 0 Å². The maximum absolute atomic E-state index is 11.1. The van der Waals surface area contributed by atoms with Crippen molar-refractivity contribution in [3.05, 3.63) is 47.2 Å². The van der Waals surface area contributed by atoms with Crippen LogP contribution in [-0.4, -0.2) is 15.7 Å². The highest BCUT2D eigenvalue weighted by molar-refractivity contribution is 5.92. The van der Waals surface area contributed by atoms with Gasteiger partial charge in [-0.15, -0.1) is 0 Å². The van der Waals surface area contributed by atoms with Crippen molar-refractivity contribution in [3.8, 4) is 0 Å². The van der Waals surface area contributed by atoms with Crippen molar-refractivity contribution in [3.63, 3.8) is 0 Å². The number of aryl methyl sites for hydroxylation is 2. The summed E-state index contributed by atoms with van der Waals surface area (Å²) >= 11 is 0. The number of aromatic nitrogens is 2. The molecule has 0 radical (unpaired) electrons. The molecule has 18 heavy (non-hydrogen) atoms. The van der Waals surface area contributed by atoms with Crippen molar-refractivity contribution in [1.82, 2.24) is 9.78 Å². The van der Waals surface area contributed by atoms with Gasteiger partial charge < -0.3 is 11.1 Å². The molecule has 1 aromatic carbocycles. The van der Waals surface area contributed by atoms with Crippen molar-refractivity contribution >= 4 is 11.7 Å². The van der Waals surface area contributed by atoms with E-state index in [1.54, 1.807) is 12.1 Å². The number of carbonyl (C=O) groups excluding carboxylic acids is 1. The highest BCUT2D eigenvalue weighted by atomic mass is 16.1. The SMILES string of the molecule is Cc1cc(NCc2cccc(C(N)=O)c2)nn1C. The number of primary amides is 1. The topological polar surface area (TPSA) is 72.9 Å². The third-order valence-electron chi connectivity index (χ3n) is 2.80. The maximum Gasteiger partial charge on any atom is 0.248 e. The van der Waals surface area contributed by atoms with E-state index in [4.69, 9.17) is 5.73 Å². The van der Waals surface area contributed by atoms with E-state index in [1.165, 1.54) is 0 Å². The number of hydrogen-bond donors (Lipinski definition) is 2. The zero-order valence-corrected chi connectivity index (χ0v) is 10.5. The molecule has 0 aliphatic heterocycles. The quantitative estimate of drug-likeness (QED) is 0.854. The lowest BCUT2D eigenvalue weighted by molar-refractivity contribution is 0.1000. The highest BCUT2D eigenvalue weighted by Crippen LogP contribution is 2.10. The van der Waals surface area contributed by atoms with Gasteiger partial charge in [0.1, 0.15) is 5.82 Å². The van der Waals surface area contributed by atoms with Gasteiger partial charge >= 0.3 is 0 Å². The number of nitrogens with zero attached hydrogens (tertiary/aromatic N) is 2. The zero-order chi connectivity index (χ0) is 13.1. The fourth-order valence-corrected chi connectivity index (χ4v) is 1.67. The Kier molecular flexibility index (Phi) is 3.32. The van der Waals surface area contributed by atoms with Crippen LogP contribution >= 0.6 is 0 Å². The first-order valence-corrected chi connectivity index (χ1v) is 5.69. The van der Waals surface area contributed by atoms with Gasteiger partial charge in [0.15, 0.2) is 0 Å². The van der Waals surface area contributed by atoms with Crippen LogP contribution in [0.3, 0.4) is 0 Å². The van der Waals surface area contributed by atoms with Crippen LogP contribution in [0.1, 0.15) is 21.6 Å². The molecule has 0 atom stereocenters. The van der Waals surface area contributed by atoms with E-state index in [0.717, 1.165) is 17.1 Å². The van der Waals surface area contributed by atoms with Crippen LogP contribution in [0, 0.1) is 6.92 Å². The third-order valence-corrected chi connectivity index (χ3v) is 2.80. The Morgan fingerprint density at radius 2 is 2.22 bits per heavy atom. The van der Waals surface area contributed by atoms with Crippen molar-refractivity contribution in [2.45, 2.75) is 13.5 Å². The molecule has 2 rings (SSSR count). The van der Waals surface area contributed by atoms with Gasteiger partial charge in [-0.1, -0.05) is 12.1 Å². The molecule has 0 unspecified atom stereocenters. The predicted octanol–water partition coefficient (Wildman–Crippen LogP) is 1.44. The number of nitrogens with two attached hydrogens (primary N) is 1. The Hall–Kier alpha value is -2.30. The monoisotopic (exact) mass is 244 g/mol. The number of hydrogen-bond acceptors (Lipinski definition) is 3. The summed E-state index contributed by atoms with van der Waals surface area (Å²) in [6.45, 7) is 2.60. The largest absolute Gasteiger partial charge is 0.366 e. The molecule has 5 nitrogen and oxygen atoms in total. The fraction of sp³-hybridized carbons (Fsp3) is 0.231. The molecule has 0 saturated heterocycles. The Bertz CT molecular complexity index is 555. The first kappa shape index (κ1) is 12.2. The van der Waals surface area contributed by atoms with Gasteiger partial charge in [0.2, 0.25) is 5.91 Å². The lowest BCUT2D eigenvalue weighted by Crippen LogP contribution is -2.11. The van der Waals surface area contributed by atoms with Gasteiger partial charge in [0, 0.05) is 30.9 Å². The van der Waals surface area contributed by atoms with Crippen molar-refractivity contribution in [2.75, 3.05) is 5.32 Å². The molecule has 3 N–H and O–H groups in total. The lowest BCUT2D eigenvalue weighted by Gasteiger charge is -2.04. The second-order valence-corrected chi connectivity index (χ2v) is 4.21. The minimum Gasteiger partial charge on any atom is -0.366 e. The molecule has 94 valence electrons. The lowest BCUT2D eigenvalue weighted by atomic mass is 10.1. The van der Waals surface area contributed by atoms with Crippen LogP contribution in [0.4, 0.5) is 5.82 Å². The van der Waals surface area contributed by atoms with Crippen molar-refractivity contribution < 1.29 is 4.79 Å². The van der Waals surface area contributed by atoms with Crippen LogP contribution in [0.2, 0.25) is 0 Å². The van der Waals surface area contributed by atoms with E-state index >= 15 is 0 Å². The van der Waals surface area contributed by atoms with Crippen LogP contribution in [0.25, 0.3) is 0 Å².